The Kier molecular flexibility index (Phi) is 3.31. The second-order valence-corrected chi connectivity index (χ2v) is 6.40. The lowest BCUT2D eigenvalue weighted by atomic mass is 9.95. The normalized spacial score (nSPS) is 14.8. The minimum absolute atomic E-state index is 0.243. The number of benzene rings is 2. The molecule has 0 saturated heterocycles. The Balaban J connectivity index is 2.11. The summed E-state index contributed by atoms with van der Waals surface area (Å²) in [6, 6.07) is 11.7. The summed E-state index contributed by atoms with van der Waals surface area (Å²) in [6.45, 7) is 0. The first-order chi connectivity index (χ1) is 11.1. The zero-order chi connectivity index (χ0) is 16.0. The van der Waals surface area contributed by atoms with Crippen LogP contribution in [0.15, 0.2) is 63.1 Å². The summed E-state index contributed by atoms with van der Waals surface area (Å²) in [6.07, 6.45) is 4.93. The molecular weight excluding hydrogens is 358 g/mol. The monoisotopic (exact) mass is 369 g/mol. The summed E-state index contributed by atoms with van der Waals surface area (Å²) in [4.78, 5) is 11.1. The van der Waals surface area contributed by atoms with Gasteiger partial charge in [0.1, 0.15) is 11.2 Å². The highest BCUT2D eigenvalue weighted by Gasteiger charge is 2.24. The number of nitrogens with zero attached hydrogens (tertiary/aromatic N) is 1. The largest absolute Gasteiger partial charge is 0.455 e. The highest BCUT2D eigenvalue weighted by Crippen LogP contribution is 2.39. The zero-order valence-corrected chi connectivity index (χ0v) is 13.7. The van der Waals surface area contributed by atoms with Gasteiger partial charge in [0.25, 0.3) is 5.70 Å². The van der Waals surface area contributed by atoms with E-state index in [2.05, 4.69) is 15.9 Å². The first kappa shape index (κ1) is 14.2. The summed E-state index contributed by atoms with van der Waals surface area (Å²) in [5, 5.41) is 13.4. The third-order valence-corrected chi connectivity index (χ3v) is 4.55. The molecule has 114 valence electrons. The lowest BCUT2D eigenvalue weighted by molar-refractivity contribution is -0.426. The van der Waals surface area contributed by atoms with Crippen LogP contribution < -0.4 is 0 Å². The number of fused-ring (bicyclic) bond motifs is 3. The molecule has 5 heteroatoms. The highest BCUT2D eigenvalue weighted by molar-refractivity contribution is 9.10. The van der Waals surface area contributed by atoms with Crippen molar-refractivity contribution in [2.45, 2.75) is 12.8 Å². The van der Waals surface area contributed by atoms with Gasteiger partial charge in [-0.2, -0.15) is 0 Å². The van der Waals surface area contributed by atoms with Crippen LogP contribution in [0.5, 0.6) is 0 Å². The van der Waals surface area contributed by atoms with Gasteiger partial charge in [0.05, 0.1) is 10.5 Å². The number of rotatable bonds is 2. The van der Waals surface area contributed by atoms with E-state index < -0.39 is 0 Å². The summed E-state index contributed by atoms with van der Waals surface area (Å²) in [5.41, 5.74) is 3.10. The third-order valence-electron chi connectivity index (χ3n) is 4.10. The molecule has 0 atom stereocenters. The van der Waals surface area contributed by atoms with Crippen molar-refractivity contribution in [1.29, 1.82) is 0 Å². The minimum atomic E-state index is -0.284. The molecule has 0 spiro atoms. The van der Waals surface area contributed by atoms with Crippen LogP contribution in [0.2, 0.25) is 0 Å². The van der Waals surface area contributed by atoms with Crippen LogP contribution in [0, 0.1) is 10.1 Å². The van der Waals surface area contributed by atoms with Crippen molar-refractivity contribution in [3.05, 3.63) is 74.4 Å². The predicted octanol–water partition coefficient (Wildman–Crippen LogP) is 5.69. The Morgan fingerprint density at radius 1 is 1.17 bits per heavy atom. The Hall–Kier alpha value is -2.40. The second-order valence-electron chi connectivity index (χ2n) is 5.49. The number of furan rings is 1. The number of hydrogen-bond donors (Lipinski definition) is 0. The molecule has 0 amide bonds. The summed E-state index contributed by atoms with van der Waals surface area (Å²) in [5.74, 6) is 0. The zero-order valence-electron chi connectivity index (χ0n) is 12.1. The van der Waals surface area contributed by atoms with E-state index in [9.17, 15) is 10.1 Å². The maximum absolute atomic E-state index is 11.4. The van der Waals surface area contributed by atoms with Gasteiger partial charge in [-0.25, -0.2) is 0 Å². The van der Waals surface area contributed by atoms with Gasteiger partial charge in [-0.05, 0) is 24.6 Å². The van der Waals surface area contributed by atoms with E-state index in [1.165, 1.54) is 0 Å². The van der Waals surface area contributed by atoms with E-state index >= 15 is 0 Å². The van der Waals surface area contributed by atoms with Gasteiger partial charge in [0.15, 0.2) is 0 Å². The second kappa shape index (κ2) is 5.35. The Labute approximate surface area is 140 Å². The lowest BCUT2D eigenvalue weighted by Crippen LogP contribution is -2.05. The Morgan fingerprint density at radius 3 is 2.83 bits per heavy atom. The maximum Gasteiger partial charge on any atom is 0.254 e. The molecule has 1 aromatic heterocycles. The minimum Gasteiger partial charge on any atom is -0.455 e. The molecule has 0 unspecified atom stereocenters. The Morgan fingerprint density at radius 2 is 2.00 bits per heavy atom. The molecule has 0 radical (unpaired) electrons. The average Bonchev–Trinajstić information content (AvgIpc) is 2.93. The summed E-state index contributed by atoms with van der Waals surface area (Å²) in [7, 11) is 0. The molecule has 0 saturated carbocycles. The lowest BCUT2D eigenvalue weighted by Gasteiger charge is -2.10. The first-order valence-corrected chi connectivity index (χ1v) is 8.09. The maximum atomic E-state index is 11.4. The van der Waals surface area contributed by atoms with E-state index in [0.29, 0.717) is 24.0 Å². The predicted molar refractivity (Wildman–Crippen MR) is 93.7 cm³/mol. The molecule has 4 rings (SSSR count). The number of hydrogen-bond acceptors (Lipinski definition) is 3. The van der Waals surface area contributed by atoms with E-state index in [1.807, 2.05) is 48.6 Å². The first-order valence-electron chi connectivity index (χ1n) is 7.30. The molecule has 3 aromatic rings. The number of para-hydroxylation sites is 1. The van der Waals surface area contributed by atoms with Crippen LogP contribution in [0.1, 0.15) is 18.4 Å². The van der Waals surface area contributed by atoms with Gasteiger partial charge in [-0.3, -0.25) is 10.1 Å². The number of allylic oxidation sites excluding steroid dienone is 4. The van der Waals surface area contributed by atoms with Crippen molar-refractivity contribution in [2.75, 3.05) is 0 Å². The molecule has 0 fully saturated rings. The molecule has 1 heterocycles. The molecule has 23 heavy (non-hydrogen) atoms. The van der Waals surface area contributed by atoms with Crippen molar-refractivity contribution in [3.8, 4) is 0 Å². The van der Waals surface area contributed by atoms with Crippen molar-refractivity contribution >= 4 is 43.4 Å². The van der Waals surface area contributed by atoms with Crippen LogP contribution in [0.4, 0.5) is 0 Å². The molecule has 2 aromatic carbocycles. The van der Waals surface area contributed by atoms with Crippen LogP contribution in [0.25, 0.3) is 27.5 Å². The fourth-order valence-electron chi connectivity index (χ4n) is 3.08. The molecule has 1 aliphatic carbocycles. The molecule has 4 nitrogen and oxygen atoms in total. The fraction of sp³-hybridized carbons (Fsp3) is 0.111. The van der Waals surface area contributed by atoms with E-state index in [4.69, 9.17) is 4.42 Å². The van der Waals surface area contributed by atoms with Gasteiger partial charge < -0.3 is 4.42 Å². The van der Waals surface area contributed by atoms with Crippen LogP contribution in [-0.2, 0) is 0 Å². The number of nitro groups is 1. The van der Waals surface area contributed by atoms with Crippen molar-refractivity contribution in [3.63, 3.8) is 0 Å². The topological polar surface area (TPSA) is 56.3 Å². The molecule has 0 bridgehead atoms. The van der Waals surface area contributed by atoms with Gasteiger partial charge in [0.2, 0.25) is 0 Å². The van der Waals surface area contributed by atoms with Crippen LogP contribution in [0.3, 0.4) is 0 Å². The third kappa shape index (κ3) is 2.28. The quantitative estimate of drug-likeness (QED) is 0.430. The Bertz CT molecular complexity index is 1010. The molecular formula is C18H12BrNO3. The molecule has 1 aliphatic rings. The molecule has 0 aliphatic heterocycles. The van der Waals surface area contributed by atoms with Gasteiger partial charge in [-0.15, -0.1) is 0 Å². The molecule has 0 N–H and O–H groups in total. The van der Waals surface area contributed by atoms with Gasteiger partial charge in [0, 0.05) is 27.2 Å². The summed E-state index contributed by atoms with van der Waals surface area (Å²) < 4.78 is 6.88. The van der Waals surface area contributed by atoms with Gasteiger partial charge >= 0.3 is 0 Å². The van der Waals surface area contributed by atoms with Crippen molar-refractivity contribution in [2.24, 2.45) is 0 Å². The van der Waals surface area contributed by atoms with Crippen LogP contribution >= 0.6 is 15.9 Å². The standard InChI is InChI=1S/C18H12BrNO3/c19-11-9-14(12-5-1-3-7-16(12)20(21)22)18-15(10-11)13-6-2-4-8-17(13)23-18/h1-2,4-6,8-10H,3,7H2. The van der Waals surface area contributed by atoms with Gasteiger partial charge in [-0.1, -0.05) is 46.3 Å². The van der Waals surface area contributed by atoms with E-state index in [-0.39, 0.29) is 10.6 Å². The fourth-order valence-corrected chi connectivity index (χ4v) is 3.54. The van der Waals surface area contributed by atoms with Crippen LogP contribution in [-0.4, -0.2) is 4.92 Å². The van der Waals surface area contributed by atoms with Crippen molar-refractivity contribution < 1.29 is 9.34 Å². The van der Waals surface area contributed by atoms with E-state index in [1.54, 1.807) is 0 Å². The van der Waals surface area contributed by atoms with E-state index in [0.717, 1.165) is 26.4 Å². The summed E-state index contributed by atoms with van der Waals surface area (Å²) >= 11 is 3.52. The average molecular weight is 370 g/mol. The van der Waals surface area contributed by atoms with Crippen molar-refractivity contribution in [1.82, 2.24) is 0 Å². The highest BCUT2D eigenvalue weighted by atomic mass is 79.9. The smallest absolute Gasteiger partial charge is 0.254 e. The SMILES string of the molecule is O=[N+]([O-])C1=C(c2cc(Br)cc3c2oc2ccccc23)C=CCC1. The number of halogens is 1.